The first-order valence-electron chi connectivity index (χ1n) is 7.00. The maximum Gasteiger partial charge on any atom is 0.254 e. The molecule has 1 heterocycles. The van der Waals surface area contributed by atoms with Crippen LogP contribution in [0, 0.1) is 5.92 Å². The van der Waals surface area contributed by atoms with E-state index in [1.54, 1.807) is 18.3 Å². The fourth-order valence-corrected chi connectivity index (χ4v) is 3.02. The number of amides is 1. The first kappa shape index (κ1) is 14.3. The van der Waals surface area contributed by atoms with Crippen molar-refractivity contribution in [2.24, 2.45) is 5.92 Å². The normalized spacial score (nSPS) is 23.1. The average molecular weight is 281 g/mol. The van der Waals surface area contributed by atoms with Crippen molar-refractivity contribution in [3.8, 4) is 0 Å². The predicted octanol–water partition coefficient (Wildman–Crippen LogP) is 3.78. The molecule has 1 amide bonds. The van der Waals surface area contributed by atoms with Crippen LogP contribution in [-0.4, -0.2) is 28.9 Å². The van der Waals surface area contributed by atoms with Crippen LogP contribution in [-0.2, 0) is 0 Å². The second-order valence-electron chi connectivity index (χ2n) is 5.37. The lowest BCUT2D eigenvalue weighted by Crippen LogP contribution is -2.39. The van der Waals surface area contributed by atoms with Crippen molar-refractivity contribution in [2.75, 3.05) is 7.05 Å². The van der Waals surface area contributed by atoms with E-state index in [0.29, 0.717) is 16.8 Å². The van der Waals surface area contributed by atoms with Crippen LogP contribution in [0.15, 0.2) is 18.3 Å². The minimum atomic E-state index is 0.0456. The van der Waals surface area contributed by atoms with E-state index in [2.05, 4.69) is 11.9 Å². The lowest BCUT2D eigenvalue weighted by molar-refractivity contribution is 0.0674. The molecule has 0 atom stereocenters. The molecule has 0 aliphatic heterocycles. The van der Waals surface area contributed by atoms with Gasteiger partial charge in [-0.2, -0.15) is 0 Å². The van der Waals surface area contributed by atoms with Gasteiger partial charge in [-0.3, -0.25) is 4.79 Å². The van der Waals surface area contributed by atoms with Gasteiger partial charge in [0.2, 0.25) is 0 Å². The molecule has 2 rings (SSSR count). The fraction of sp³-hybridized carbons (Fsp3) is 0.600. The molecule has 104 valence electrons. The smallest absolute Gasteiger partial charge is 0.254 e. The number of pyridine rings is 1. The Morgan fingerprint density at radius 1 is 1.42 bits per heavy atom. The monoisotopic (exact) mass is 280 g/mol. The third-order valence-electron chi connectivity index (χ3n) is 4.24. The fourth-order valence-electron chi connectivity index (χ4n) is 2.85. The Balaban J connectivity index is 2.00. The number of carbonyl (C=O) groups is 1. The topological polar surface area (TPSA) is 33.2 Å². The van der Waals surface area contributed by atoms with Gasteiger partial charge in [0.05, 0.1) is 0 Å². The second kappa shape index (κ2) is 6.38. The summed E-state index contributed by atoms with van der Waals surface area (Å²) in [6.45, 7) is 2.25. The Morgan fingerprint density at radius 3 is 2.68 bits per heavy atom. The van der Waals surface area contributed by atoms with Gasteiger partial charge >= 0.3 is 0 Å². The van der Waals surface area contributed by atoms with E-state index in [9.17, 15) is 4.79 Å². The molecule has 1 aromatic rings. The Kier molecular flexibility index (Phi) is 4.81. The standard InChI is InChI=1S/C15H21ClN2O/c1-3-11-4-6-13(7-5-11)18(2)15(19)12-8-9-17-14(16)10-12/h8-11,13H,3-7H2,1-2H3. The molecule has 0 radical (unpaired) electrons. The van der Waals surface area contributed by atoms with Gasteiger partial charge < -0.3 is 4.90 Å². The maximum atomic E-state index is 12.4. The van der Waals surface area contributed by atoms with E-state index < -0.39 is 0 Å². The highest BCUT2D eigenvalue weighted by molar-refractivity contribution is 6.29. The second-order valence-corrected chi connectivity index (χ2v) is 5.75. The van der Waals surface area contributed by atoms with Crippen LogP contribution in [0.3, 0.4) is 0 Å². The summed E-state index contributed by atoms with van der Waals surface area (Å²) >= 11 is 5.84. The highest BCUT2D eigenvalue weighted by Crippen LogP contribution is 2.29. The molecule has 3 nitrogen and oxygen atoms in total. The van der Waals surface area contributed by atoms with Gasteiger partial charge in [-0.05, 0) is 43.7 Å². The van der Waals surface area contributed by atoms with Crippen LogP contribution in [0.4, 0.5) is 0 Å². The largest absolute Gasteiger partial charge is 0.339 e. The van der Waals surface area contributed by atoms with Crippen molar-refractivity contribution in [3.63, 3.8) is 0 Å². The summed E-state index contributed by atoms with van der Waals surface area (Å²) in [5.41, 5.74) is 0.625. The van der Waals surface area contributed by atoms with Crippen molar-refractivity contribution >= 4 is 17.5 Å². The summed E-state index contributed by atoms with van der Waals surface area (Å²) in [4.78, 5) is 18.2. The van der Waals surface area contributed by atoms with Gasteiger partial charge in [0.1, 0.15) is 5.15 Å². The van der Waals surface area contributed by atoms with Crippen molar-refractivity contribution in [3.05, 3.63) is 29.0 Å². The maximum absolute atomic E-state index is 12.4. The summed E-state index contributed by atoms with van der Waals surface area (Å²) in [7, 11) is 1.90. The minimum Gasteiger partial charge on any atom is -0.339 e. The number of hydrogen-bond acceptors (Lipinski definition) is 2. The van der Waals surface area contributed by atoms with Crippen molar-refractivity contribution in [2.45, 2.75) is 45.1 Å². The summed E-state index contributed by atoms with van der Waals surface area (Å²) in [5.74, 6) is 0.888. The molecule has 0 spiro atoms. The van der Waals surface area contributed by atoms with Crippen LogP contribution in [0.5, 0.6) is 0 Å². The van der Waals surface area contributed by atoms with Crippen LogP contribution < -0.4 is 0 Å². The zero-order valence-corrected chi connectivity index (χ0v) is 12.4. The Morgan fingerprint density at radius 2 is 2.11 bits per heavy atom. The predicted molar refractivity (Wildman–Crippen MR) is 77.4 cm³/mol. The average Bonchev–Trinajstić information content (AvgIpc) is 2.46. The molecular weight excluding hydrogens is 260 g/mol. The molecule has 0 unspecified atom stereocenters. The summed E-state index contributed by atoms with van der Waals surface area (Å²) < 4.78 is 0. The molecule has 0 aromatic carbocycles. The quantitative estimate of drug-likeness (QED) is 0.790. The number of rotatable bonds is 3. The number of aromatic nitrogens is 1. The van der Waals surface area contributed by atoms with E-state index in [0.717, 1.165) is 18.8 Å². The molecule has 1 aliphatic rings. The van der Waals surface area contributed by atoms with Crippen molar-refractivity contribution in [1.29, 1.82) is 0 Å². The van der Waals surface area contributed by atoms with Crippen LogP contribution in [0.1, 0.15) is 49.4 Å². The highest BCUT2D eigenvalue weighted by Gasteiger charge is 2.26. The lowest BCUT2D eigenvalue weighted by atomic mass is 9.84. The number of hydrogen-bond donors (Lipinski definition) is 0. The van der Waals surface area contributed by atoms with Gasteiger partial charge in [-0.15, -0.1) is 0 Å². The Labute approximate surface area is 120 Å². The number of halogens is 1. The van der Waals surface area contributed by atoms with Gasteiger partial charge in [0.25, 0.3) is 5.91 Å². The van der Waals surface area contributed by atoms with Gasteiger partial charge in [-0.25, -0.2) is 4.98 Å². The first-order valence-corrected chi connectivity index (χ1v) is 7.38. The molecule has 1 aliphatic carbocycles. The molecule has 1 fully saturated rings. The van der Waals surface area contributed by atoms with E-state index in [1.165, 1.54) is 19.3 Å². The summed E-state index contributed by atoms with van der Waals surface area (Å²) in [6.07, 6.45) is 7.52. The van der Waals surface area contributed by atoms with Crippen molar-refractivity contribution < 1.29 is 4.79 Å². The highest BCUT2D eigenvalue weighted by atomic mass is 35.5. The Hall–Kier alpha value is -1.09. The molecule has 1 saturated carbocycles. The molecule has 19 heavy (non-hydrogen) atoms. The zero-order valence-electron chi connectivity index (χ0n) is 11.6. The molecule has 4 heteroatoms. The first-order chi connectivity index (χ1) is 9.11. The lowest BCUT2D eigenvalue weighted by Gasteiger charge is -2.34. The van der Waals surface area contributed by atoms with E-state index in [-0.39, 0.29) is 5.91 Å². The SMILES string of the molecule is CCC1CCC(N(C)C(=O)c2ccnc(Cl)c2)CC1. The van der Waals surface area contributed by atoms with Crippen LogP contribution in [0.25, 0.3) is 0 Å². The minimum absolute atomic E-state index is 0.0456. The third-order valence-corrected chi connectivity index (χ3v) is 4.44. The van der Waals surface area contributed by atoms with E-state index in [4.69, 9.17) is 11.6 Å². The van der Waals surface area contributed by atoms with Gasteiger partial charge in [0.15, 0.2) is 0 Å². The zero-order chi connectivity index (χ0) is 13.8. The third kappa shape index (κ3) is 3.47. The number of nitrogens with zero attached hydrogens (tertiary/aromatic N) is 2. The van der Waals surface area contributed by atoms with Gasteiger partial charge in [-0.1, -0.05) is 24.9 Å². The van der Waals surface area contributed by atoms with Gasteiger partial charge in [0, 0.05) is 24.8 Å². The van der Waals surface area contributed by atoms with Crippen LogP contribution >= 0.6 is 11.6 Å². The van der Waals surface area contributed by atoms with Crippen LogP contribution in [0.2, 0.25) is 5.15 Å². The summed E-state index contributed by atoms with van der Waals surface area (Å²) in [5, 5.41) is 0.369. The summed E-state index contributed by atoms with van der Waals surface area (Å²) in [6, 6.07) is 3.72. The molecule has 0 bridgehead atoms. The van der Waals surface area contributed by atoms with E-state index in [1.807, 2.05) is 11.9 Å². The van der Waals surface area contributed by atoms with E-state index >= 15 is 0 Å². The van der Waals surface area contributed by atoms with Crippen molar-refractivity contribution in [1.82, 2.24) is 9.88 Å². The Bertz CT molecular complexity index is 442. The molecule has 1 aromatic heterocycles. The molecular formula is C15H21ClN2O. The molecule has 0 N–H and O–H groups in total. The number of carbonyl (C=O) groups excluding carboxylic acids is 1. The molecule has 0 saturated heterocycles.